The number of aryl methyl sites for hydroxylation is 1. The highest BCUT2D eigenvalue weighted by atomic mass is 79.9. The summed E-state index contributed by atoms with van der Waals surface area (Å²) in [5.74, 6) is -0.339. The molecule has 0 radical (unpaired) electrons. The summed E-state index contributed by atoms with van der Waals surface area (Å²) in [5.41, 5.74) is 3.42. The third-order valence-corrected chi connectivity index (χ3v) is 4.38. The van der Waals surface area contributed by atoms with Gasteiger partial charge in [-0.1, -0.05) is 35.9 Å². The smallest absolute Gasteiger partial charge is 0.125 e. The number of fused-ring (bicyclic) bond motifs is 1. The first-order valence-electron chi connectivity index (χ1n) is 6.14. The Morgan fingerprint density at radius 1 is 1.26 bits per heavy atom. The summed E-state index contributed by atoms with van der Waals surface area (Å²) in [7, 11) is 0. The lowest BCUT2D eigenvalue weighted by molar-refractivity contribution is 0.627. The Balaban J connectivity index is 1.92. The quantitative estimate of drug-likeness (QED) is 0.778. The van der Waals surface area contributed by atoms with Gasteiger partial charge < -0.3 is 5.32 Å². The highest BCUT2D eigenvalue weighted by Gasteiger charge is 2.23. The average molecular weight is 341 g/mol. The van der Waals surface area contributed by atoms with E-state index in [1.807, 2.05) is 6.07 Å². The van der Waals surface area contributed by atoms with E-state index in [0.29, 0.717) is 9.50 Å². The fourth-order valence-corrected chi connectivity index (χ4v) is 3.48. The number of nitrogens with one attached hydrogen (secondary N) is 1. The van der Waals surface area contributed by atoms with Gasteiger partial charge in [0.1, 0.15) is 5.82 Å². The third kappa shape index (κ3) is 2.49. The van der Waals surface area contributed by atoms with E-state index in [1.165, 1.54) is 23.3 Å². The second-order valence-electron chi connectivity index (χ2n) is 4.68. The summed E-state index contributed by atoms with van der Waals surface area (Å²) in [6.07, 6.45) is 2.09. The molecule has 0 heterocycles. The lowest BCUT2D eigenvalue weighted by atomic mass is 10.1. The standard InChI is InChI=1S/C15H12BrClFN/c16-12-7-10(18)8-13(17)15(12)19-14-6-5-9-3-1-2-4-11(9)14/h1-4,7-8,14,19H,5-6H2. The van der Waals surface area contributed by atoms with Crippen molar-refractivity contribution in [2.24, 2.45) is 0 Å². The van der Waals surface area contributed by atoms with E-state index in [0.717, 1.165) is 18.5 Å². The van der Waals surface area contributed by atoms with E-state index in [4.69, 9.17) is 11.6 Å². The zero-order valence-electron chi connectivity index (χ0n) is 10.1. The first-order chi connectivity index (χ1) is 9.15. The predicted molar refractivity (Wildman–Crippen MR) is 80.2 cm³/mol. The molecule has 0 saturated carbocycles. The van der Waals surface area contributed by atoms with Gasteiger partial charge in [-0.2, -0.15) is 0 Å². The van der Waals surface area contributed by atoms with Crippen molar-refractivity contribution in [1.29, 1.82) is 0 Å². The summed E-state index contributed by atoms with van der Waals surface area (Å²) in [6.45, 7) is 0. The number of benzene rings is 2. The van der Waals surface area contributed by atoms with Gasteiger partial charge in [0.15, 0.2) is 0 Å². The van der Waals surface area contributed by atoms with Crippen LogP contribution >= 0.6 is 27.5 Å². The molecule has 19 heavy (non-hydrogen) atoms. The molecule has 0 aromatic heterocycles. The monoisotopic (exact) mass is 339 g/mol. The molecule has 4 heteroatoms. The fourth-order valence-electron chi connectivity index (χ4n) is 2.56. The van der Waals surface area contributed by atoms with Crippen molar-refractivity contribution in [2.45, 2.75) is 18.9 Å². The van der Waals surface area contributed by atoms with Crippen molar-refractivity contribution in [3.05, 3.63) is 62.8 Å². The second kappa shape index (κ2) is 5.14. The lowest BCUT2D eigenvalue weighted by Gasteiger charge is -2.18. The fraction of sp³-hybridized carbons (Fsp3) is 0.200. The molecule has 0 amide bonds. The average Bonchev–Trinajstić information content (AvgIpc) is 2.77. The lowest BCUT2D eigenvalue weighted by Crippen LogP contribution is -2.08. The summed E-state index contributed by atoms with van der Waals surface area (Å²) in [4.78, 5) is 0. The Labute approximate surface area is 124 Å². The van der Waals surface area contributed by atoms with Crippen molar-refractivity contribution in [3.8, 4) is 0 Å². The molecular formula is C15H12BrClFN. The van der Waals surface area contributed by atoms with E-state index in [9.17, 15) is 4.39 Å². The van der Waals surface area contributed by atoms with Crippen LogP contribution in [-0.4, -0.2) is 0 Å². The topological polar surface area (TPSA) is 12.0 Å². The molecule has 1 atom stereocenters. The Morgan fingerprint density at radius 2 is 2.05 bits per heavy atom. The number of rotatable bonds is 2. The van der Waals surface area contributed by atoms with Gasteiger partial charge in [-0.05, 0) is 52.0 Å². The zero-order chi connectivity index (χ0) is 13.4. The maximum Gasteiger partial charge on any atom is 0.125 e. The van der Waals surface area contributed by atoms with E-state index < -0.39 is 0 Å². The van der Waals surface area contributed by atoms with Gasteiger partial charge in [0.2, 0.25) is 0 Å². The van der Waals surface area contributed by atoms with Gasteiger partial charge in [-0.15, -0.1) is 0 Å². The maximum absolute atomic E-state index is 13.2. The van der Waals surface area contributed by atoms with E-state index >= 15 is 0 Å². The van der Waals surface area contributed by atoms with Gasteiger partial charge in [-0.3, -0.25) is 0 Å². The number of halogens is 3. The van der Waals surface area contributed by atoms with Crippen LogP contribution in [0.3, 0.4) is 0 Å². The summed E-state index contributed by atoms with van der Waals surface area (Å²) < 4.78 is 13.9. The van der Waals surface area contributed by atoms with Crippen LogP contribution in [0.25, 0.3) is 0 Å². The molecule has 1 nitrogen and oxygen atoms in total. The van der Waals surface area contributed by atoms with E-state index in [-0.39, 0.29) is 11.9 Å². The summed E-state index contributed by atoms with van der Waals surface area (Å²) in [5, 5.41) is 3.81. The molecule has 3 rings (SSSR count). The molecule has 1 N–H and O–H groups in total. The van der Waals surface area contributed by atoms with Gasteiger partial charge in [-0.25, -0.2) is 4.39 Å². The molecule has 0 aliphatic heterocycles. The van der Waals surface area contributed by atoms with Crippen molar-refractivity contribution < 1.29 is 4.39 Å². The third-order valence-electron chi connectivity index (χ3n) is 3.46. The molecule has 2 aromatic carbocycles. The maximum atomic E-state index is 13.2. The number of anilines is 1. The van der Waals surface area contributed by atoms with Crippen LogP contribution in [0.1, 0.15) is 23.6 Å². The van der Waals surface area contributed by atoms with Crippen LogP contribution in [-0.2, 0) is 6.42 Å². The van der Waals surface area contributed by atoms with Crippen LogP contribution in [0.15, 0.2) is 40.9 Å². The van der Waals surface area contributed by atoms with Crippen LogP contribution in [0.4, 0.5) is 10.1 Å². The molecular weight excluding hydrogens is 329 g/mol. The second-order valence-corrected chi connectivity index (χ2v) is 5.94. The first kappa shape index (κ1) is 12.9. The van der Waals surface area contributed by atoms with E-state index in [2.05, 4.69) is 39.4 Å². The summed E-state index contributed by atoms with van der Waals surface area (Å²) in [6, 6.07) is 11.4. The highest BCUT2D eigenvalue weighted by molar-refractivity contribution is 9.10. The number of hydrogen-bond donors (Lipinski definition) is 1. The normalized spacial score (nSPS) is 17.3. The SMILES string of the molecule is Fc1cc(Cl)c(NC2CCc3ccccc32)c(Br)c1. The molecule has 1 aliphatic rings. The Hall–Kier alpha value is -1.06. The van der Waals surface area contributed by atoms with Gasteiger partial charge in [0.25, 0.3) is 0 Å². The molecule has 0 saturated heterocycles. The molecule has 1 aliphatic carbocycles. The number of hydrogen-bond acceptors (Lipinski definition) is 1. The van der Waals surface area contributed by atoms with Crippen molar-refractivity contribution in [1.82, 2.24) is 0 Å². The van der Waals surface area contributed by atoms with Gasteiger partial charge >= 0.3 is 0 Å². The Bertz CT molecular complexity index is 606. The highest BCUT2D eigenvalue weighted by Crippen LogP contribution is 2.38. The van der Waals surface area contributed by atoms with Crippen LogP contribution < -0.4 is 5.32 Å². The largest absolute Gasteiger partial charge is 0.376 e. The molecule has 0 bridgehead atoms. The zero-order valence-corrected chi connectivity index (χ0v) is 12.4. The first-order valence-corrected chi connectivity index (χ1v) is 7.31. The minimum absolute atomic E-state index is 0.232. The van der Waals surface area contributed by atoms with Crippen molar-refractivity contribution >= 4 is 33.2 Å². The minimum Gasteiger partial charge on any atom is -0.376 e. The molecule has 0 fully saturated rings. The molecule has 2 aromatic rings. The van der Waals surface area contributed by atoms with Crippen LogP contribution in [0.5, 0.6) is 0 Å². The molecule has 0 spiro atoms. The van der Waals surface area contributed by atoms with Crippen molar-refractivity contribution in [2.75, 3.05) is 5.32 Å². The molecule has 1 unspecified atom stereocenters. The van der Waals surface area contributed by atoms with Crippen molar-refractivity contribution in [3.63, 3.8) is 0 Å². The molecule has 98 valence electrons. The van der Waals surface area contributed by atoms with Gasteiger partial charge in [0, 0.05) is 4.47 Å². The Kier molecular flexibility index (Phi) is 3.50. The van der Waals surface area contributed by atoms with Crippen LogP contribution in [0.2, 0.25) is 5.02 Å². The summed E-state index contributed by atoms with van der Waals surface area (Å²) >= 11 is 9.47. The van der Waals surface area contributed by atoms with Crippen LogP contribution in [0, 0.1) is 5.82 Å². The minimum atomic E-state index is -0.339. The van der Waals surface area contributed by atoms with E-state index in [1.54, 1.807) is 0 Å². The predicted octanol–water partition coefficient (Wildman–Crippen LogP) is 5.34. The Morgan fingerprint density at radius 3 is 2.84 bits per heavy atom. The van der Waals surface area contributed by atoms with Gasteiger partial charge in [0.05, 0.1) is 16.8 Å².